The summed E-state index contributed by atoms with van der Waals surface area (Å²) in [5, 5.41) is 5.35. The highest BCUT2D eigenvalue weighted by Crippen LogP contribution is 2.25. The molecule has 0 aliphatic rings. The molecule has 8 heteroatoms. The molecule has 0 aliphatic carbocycles. The highest BCUT2D eigenvalue weighted by atomic mass is 79.9. The second kappa shape index (κ2) is 7.72. The van der Waals surface area contributed by atoms with Gasteiger partial charge in [0.1, 0.15) is 11.6 Å². The number of halogens is 3. The SMILES string of the molecule is COc1ccc(C(=O)NC(=S)Nc2ccc(Br)cc2F)cc1Cl. The van der Waals surface area contributed by atoms with E-state index >= 15 is 0 Å². The van der Waals surface area contributed by atoms with Crippen LogP contribution in [-0.4, -0.2) is 18.1 Å². The van der Waals surface area contributed by atoms with Crippen molar-refractivity contribution < 1.29 is 13.9 Å². The molecule has 2 aromatic rings. The number of ether oxygens (including phenoxy) is 1. The second-order valence-electron chi connectivity index (χ2n) is 4.38. The van der Waals surface area contributed by atoms with Crippen molar-refractivity contribution >= 4 is 56.5 Å². The Morgan fingerprint density at radius 3 is 2.65 bits per heavy atom. The molecule has 0 fully saturated rings. The van der Waals surface area contributed by atoms with Crippen LogP contribution in [0.4, 0.5) is 10.1 Å². The molecular formula is C15H11BrClFN2O2S. The van der Waals surface area contributed by atoms with Crippen LogP contribution in [0.2, 0.25) is 5.02 Å². The van der Waals surface area contributed by atoms with Crippen molar-refractivity contribution in [3.05, 3.63) is 57.3 Å². The zero-order chi connectivity index (χ0) is 17.0. The van der Waals surface area contributed by atoms with Gasteiger partial charge >= 0.3 is 0 Å². The van der Waals surface area contributed by atoms with Crippen molar-refractivity contribution in [3.63, 3.8) is 0 Å². The first-order valence-corrected chi connectivity index (χ1v) is 7.89. The van der Waals surface area contributed by atoms with Crippen LogP contribution < -0.4 is 15.4 Å². The standard InChI is InChI=1S/C15H11BrClFN2O2S/c1-22-13-5-2-8(6-10(13)17)14(21)20-15(23)19-12-4-3-9(16)7-11(12)18/h2-7H,1H3,(H2,19,20,21,23). The third-order valence-corrected chi connectivity index (χ3v) is 3.81. The largest absolute Gasteiger partial charge is 0.495 e. The first-order chi connectivity index (χ1) is 10.9. The predicted molar refractivity (Wildman–Crippen MR) is 95.8 cm³/mol. The molecule has 0 saturated heterocycles. The summed E-state index contributed by atoms with van der Waals surface area (Å²) in [6, 6.07) is 9.01. The van der Waals surface area contributed by atoms with Crippen LogP contribution in [0, 0.1) is 5.82 Å². The number of thiocarbonyl (C=S) groups is 1. The number of benzene rings is 2. The summed E-state index contributed by atoms with van der Waals surface area (Å²) in [6.45, 7) is 0. The average molecular weight is 418 g/mol. The predicted octanol–water partition coefficient (Wildman–Crippen LogP) is 4.38. The second-order valence-corrected chi connectivity index (χ2v) is 6.11. The van der Waals surface area contributed by atoms with E-state index in [0.29, 0.717) is 20.8 Å². The highest BCUT2D eigenvalue weighted by molar-refractivity contribution is 9.10. The number of rotatable bonds is 3. The Hall–Kier alpha value is -1.70. The Bertz CT molecular complexity index is 773. The summed E-state index contributed by atoms with van der Waals surface area (Å²) < 4.78 is 19.3. The van der Waals surface area contributed by atoms with Crippen molar-refractivity contribution in [1.82, 2.24) is 5.32 Å². The third kappa shape index (κ3) is 4.63. The van der Waals surface area contributed by atoms with E-state index < -0.39 is 11.7 Å². The van der Waals surface area contributed by atoms with Gasteiger partial charge in [-0.1, -0.05) is 27.5 Å². The van der Waals surface area contributed by atoms with Gasteiger partial charge in [-0.05, 0) is 48.6 Å². The van der Waals surface area contributed by atoms with Crippen LogP contribution in [-0.2, 0) is 0 Å². The van der Waals surface area contributed by atoms with Gasteiger partial charge in [-0.25, -0.2) is 4.39 Å². The number of carbonyl (C=O) groups is 1. The Balaban J connectivity index is 2.05. The van der Waals surface area contributed by atoms with Gasteiger partial charge in [-0.3, -0.25) is 10.1 Å². The Kier molecular flexibility index (Phi) is 5.92. The van der Waals surface area contributed by atoms with Gasteiger partial charge < -0.3 is 10.1 Å². The average Bonchev–Trinajstić information content (AvgIpc) is 2.50. The van der Waals surface area contributed by atoms with Crippen LogP contribution >= 0.6 is 39.7 Å². The number of anilines is 1. The number of hydrogen-bond donors (Lipinski definition) is 2. The topological polar surface area (TPSA) is 50.4 Å². The van der Waals surface area contributed by atoms with Gasteiger partial charge in [0, 0.05) is 10.0 Å². The maximum absolute atomic E-state index is 13.7. The van der Waals surface area contributed by atoms with E-state index in [4.69, 9.17) is 28.6 Å². The summed E-state index contributed by atoms with van der Waals surface area (Å²) >= 11 is 14.1. The summed E-state index contributed by atoms with van der Waals surface area (Å²) in [5.41, 5.74) is 0.461. The van der Waals surface area contributed by atoms with Crippen molar-refractivity contribution in [2.24, 2.45) is 0 Å². The first kappa shape index (κ1) is 17.7. The monoisotopic (exact) mass is 416 g/mol. The van der Waals surface area contributed by atoms with E-state index in [0.717, 1.165) is 0 Å². The molecule has 0 heterocycles. The van der Waals surface area contributed by atoms with Crippen LogP contribution in [0.25, 0.3) is 0 Å². The smallest absolute Gasteiger partial charge is 0.257 e. The summed E-state index contributed by atoms with van der Waals surface area (Å²) in [7, 11) is 1.48. The molecule has 0 aliphatic heterocycles. The molecular weight excluding hydrogens is 407 g/mol. The lowest BCUT2D eigenvalue weighted by atomic mass is 10.2. The number of hydrogen-bond acceptors (Lipinski definition) is 3. The van der Waals surface area contributed by atoms with Gasteiger partial charge in [-0.15, -0.1) is 0 Å². The van der Waals surface area contributed by atoms with E-state index in [1.807, 2.05) is 0 Å². The van der Waals surface area contributed by atoms with E-state index in [1.54, 1.807) is 18.2 Å². The highest BCUT2D eigenvalue weighted by Gasteiger charge is 2.12. The van der Waals surface area contributed by atoms with Crippen LogP contribution in [0.5, 0.6) is 5.75 Å². The molecule has 1 amide bonds. The lowest BCUT2D eigenvalue weighted by molar-refractivity contribution is 0.0977. The van der Waals surface area contributed by atoms with E-state index in [1.165, 1.54) is 25.3 Å². The molecule has 23 heavy (non-hydrogen) atoms. The fourth-order valence-electron chi connectivity index (χ4n) is 1.73. The van der Waals surface area contributed by atoms with E-state index in [2.05, 4.69) is 26.6 Å². The summed E-state index contributed by atoms with van der Waals surface area (Å²) in [4.78, 5) is 12.1. The van der Waals surface area contributed by atoms with Crippen LogP contribution in [0.15, 0.2) is 40.9 Å². The minimum Gasteiger partial charge on any atom is -0.495 e. The number of nitrogens with one attached hydrogen (secondary N) is 2. The van der Waals surface area contributed by atoms with Crippen LogP contribution in [0.1, 0.15) is 10.4 Å². The number of methoxy groups -OCH3 is 1. The number of amides is 1. The zero-order valence-electron chi connectivity index (χ0n) is 11.8. The molecule has 2 rings (SSSR count). The lowest BCUT2D eigenvalue weighted by Crippen LogP contribution is -2.34. The molecule has 0 radical (unpaired) electrons. The summed E-state index contributed by atoms with van der Waals surface area (Å²) in [6.07, 6.45) is 0. The minimum atomic E-state index is -0.497. The van der Waals surface area contributed by atoms with Gasteiger partial charge in [0.2, 0.25) is 0 Å². The Labute approximate surface area is 151 Å². The molecule has 4 nitrogen and oxygen atoms in total. The normalized spacial score (nSPS) is 10.1. The van der Waals surface area contributed by atoms with Gasteiger partial charge in [0.25, 0.3) is 5.91 Å². The van der Waals surface area contributed by atoms with Gasteiger partial charge in [0.15, 0.2) is 5.11 Å². The molecule has 0 atom stereocenters. The molecule has 120 valence electrons. The van der Waals surface area contributed by atoms with Crippen LogP contribution in [0.3, 0.4) is 0 Å². The Morgan fingerprint density at radius 2 is 2.04 bits per heavy atom. The van der Waals surface area contributed by atoms with Gasteiger partial charge in [-0.2, -0.15) is 0 Å². The molecule has 0 saturated carbocycles. The maximum Gasteiger partial charge on any atom is 0.257 e. The first-order valence-electron chi connectivity index (χ1n) is 6.31. The van der Waals surface area contributed by atoms with Crippen molar-refractivity contribution in [1.29, 1.82) is 0 Å². The molecule has 2 N–H and O–H groups in total. The molecule has 0 unspecified atom stereocenters. The molecule has 0 bridgehead atoms. The zero-order valence-corrected chi connectivity index (χ0v) is 15.0. The minimum absolute atomic E-state index is 0.0248. The maximum atomic E-state index is 13.7. The van der Waals surface area contributed by atoms with Crippen molar-refractivity contribution in [3.8, 4) is 5.75 Å². The third-order valence-electron chi connectivity index (χ3n) is 2.82. The van der Waals surface area contributed by atoms with Gasteiger partial charge in [0.05, 0.1) is 17.8 Å². The Morgan fingerprint density at radius 1 is 1.30 bits per heavy atom. The fraction of sp³-hybridized carbons (Fsp3) is 0.0667. The van der Waals surface area contributed by atoms with E-state index in [9.17, 15) is 9.18 Å². The fourth-order valence-corrected chi connectivity index (χ4v) is 2.52. The molecule has 0 aromatic heterocycles. The quantitative estimate of drug-likeness (QED) is 0.728. The molecule has 0 spiro atoms. The van der Waals surface area contributed by atoms with Crippen molar-refractivity contribution in [2.75, 3.05) is 12.4 Å². The lowest BCUT2D eigenvalue weighted by Gasteiger charge is -2.11. The molecule has 2 aromatic carbocycles. The number of carbonyl (C=O) groups excluding carboxylic acids is 1. The van der Waals surface area contributed by atoms with E-state index in [-0.39, 0.29) is 10.8 Å². The van der Waals surface area contributed by atoms with Crippen molar-refractivity contribution in [2.45, 2.75) is 0 Å². The summed E-state index contributed by atoms with van der Waals surface area (Å²) in [5.74, 6) is -0.506.